The minimum absolute atomic E-state index is 0. The molecule has 0 aliphatic carbocycles. The number of hydrogen-bond donors (Lipinski definition) is 1. The van der Waals surface area contributed by atoms with Crippen molar-refractivity contribution in [1.82, 2.24) is 4.98 Å². The number of nitrogens with zero attached hydrogens (tertiary/aromatic N) is 1. The Hall–Kier alpha value is -1.76. The van der Waals surface area contributed by atoms with Gasteiger partial charge in [0.1, 0.15) is 0 Å². The highest BCUT2D eigenvalue weighted by Gasteiger charge is 2.15. The van der Waals surface area contributed by atoms with Crippen molar-refractivity contribution in [3.8, 4) is 11.5 Å². The van der Waals surface area contributed by atoms with Crippen molar-refractivity contribution in [2.45, 2.75) is 19.9 Å². The number of benzene rings is 1. The summed E-state index contributed by atoms with van der Waals surface area (Å²) in [6.07, 6.45) is 1.81. The normalized spacial score (nSPS) is 9.67. The molecule has 2 rings (SSSR count). The van der Waals surface area contributed by atoms with Crippen LogP contribution in [0.3, 0.4) is 0 Å². The highest BCUT2D eigenvalue weighted by atomic mass is 35.5. The van der Waals surface area contributed by atoms with Crippen LogP contribution in [0.5, 0.6) is 11.5 Å². The van der Waals surface area contributed by atoms with Crippen LogP contribution in [0.4, 0.5) is 0 Å². The molecule has 0 amide bonds. The lowest BCUT2D eigenvalue weighted by Gasteiger charge is -2.13. The Morgan fingerprint density at radius 3 is 2.21 bits per heavy atom. The summed E-state index contributed by atoms with van der Waals surface area (Å²) in [5, 5.41) is 1.71. The van der Waals surface area contributed by atoms with Crippen LogP contribution in [0, 0.1) is 0 Å². The molecule has 6 nitrogen and oxygen atoms in total. The lowest BCUT2D eigenvalue weighted by Crippen LogP contribution is -2.09. The second-order valence-corrected chi connectivity index (χ2v) is 4.67. The number of carbonyl (C=O) groups excluding carboxylic acids is 1. The highest BCUT2D eigenvalue weighted by molar-refractivity contribution is 5.92. The number of nitrogens with two attached hydrogens (primary N) is 1. The molecule has 24 heavy (non-hydrogen) atoms. The van der Waals surface area contributed by atoms with E-state index in [2.05, 4.69) is 4.98 Å². The van der Waals surface area contributed by atoms with Crippen molar-refractivity contribution in [2.24, 2.45) is 5.73 Å². The molecule has 0 bridgehead atoms. The first-order valence-corrected chi connectivity index (χ1v) is 7.02. The van der Waals surface area contributed by atoms with E-state index in [1.165, 1.54) is 0 Å². The highest BCUT2D eigenvalue weighted by Crippen LogP contribution is 2.34. The molecule has 0 unspecified atom stereocenters. The van der Waals surface area contributed by atoms with Crippen molar-refractivity contribution in [3.63, 3.8) is 0 Å². The molecule has 0 spiro atoms. The van der Waals surface area contributed by atoms with Gasteiger partial charge in [0.05, 0.1) is 32.9 Å². The molecule has 0 fully saturated rings. The third-order valence-corrected chi connectivity index (χ3v) is 3.39. The first-order valence-electron chi connectivity index (χ1n) is 7.02. The molecular weight excluding hydrogens is 355 g/mol. The second kappa shape index (κ2) is 10.2. The number of pyridine rings is 1. The SMILES string of the molecule is CCOC(=O)Cc1cnc(CN)c2cc(OC)c(OC)cc12.Cl.Cl. The predicted octanol–water partition coefficient (Wildman–Crippen LogP) is 2.66. The molecule has 0 saturated heterocycles. The van der Waals surface area contributed by atoms with Gasteiger partial charge < -0.3 is 19.9 Å². The van der Waals surface area contributed by atoms with E-state index in [1.807, 2.05) is 12.1 Å². The maximum atomic E-state index is 11.8. The topological polar surface area (TPSA) is 83.7 Å². The van der Waals surface area contributed by atoms with Gasteiger partial charge in [-0.2, -0.15) is 0 Å². The van der Waals surface area contributed by atoms with Crippen molar-refractivity contribution in [2.75, 3.05) is 20.8 Å². The Kier molecular flexibility index (Phi) is 9.43. The van der Waals surface area contributed by atoms with Crippen molar-refractivity contribution in [1.29, 1.82) is 0 Å². The standard InChI is InChI=1S/C16H20N2O4.2ClH/c1-4-22-16(19)5-10-9-18-13(8-17)12-7-15(21-3)14(20-2)6-11(10)12;;/h6-7,9H,4-5,8,17H2,1-3H3;2*1H. The van der Waals surface area contributed by atoms with Gasteiger partial charge in [-0.05, 0) is 30.0 Å². The van der Waals surface area contributed by atoms with Gasteiger partial charge in [0, 0.05) is 18.1 Å². The number of halogens is 2. The summed E-state index contributed by atoms with van der Waals surface area (Å²) < 4.78 is 15.7. The van der Waals surface area contributed by atoms with E-state index in [1.54, 1.807) is 27.3 Å². The smallest absolute Gasteiger partial charge is 0.310 e. The van der Waals surface area contributed by atoms with Crippen LogP contribution in [0.25, 0.3) is 10.8 Å². The minimum Gasteiger partial charge on any atom is -0.493 e. The van der Waals surface area contributed by atoms with Crippen LogP contribution in [-0.4, -0.2) is 31.8 Å². The Bertz CT molecular complexity index is 695. The van der Waals surface area contributed by atoms with Crippen LogP contribution in [0.2, 0.25) is 0 Å². The molecular formula is C16H22Cl2N2O4. The van der Waals surface area contributed by atoms with E-state index in [9.17, 15) is 4.79 Å². The third-order valence-electron chi connectivity index (χ3n) is 3.39. The maximum Gasteiger partial charge on any atom is 0.310 e. The zero-order valence-electron chi connectivity index (χ0n) is 13.8. The summed E-state index contributed by atoms with van der Waals surface area (Å²) in [5.41, 5.74) is 7.26. The maximum absolute atomic E-state index is 11.8. The van der Waals surface area contributed by atoms with E-state index < -0.39 is 0 Å². The van der Waals surface area contributed by atoms with Crippen LogP contribution in [0.1, 0.15) is 18.2 Å². The molecule has 0 saturated carbocycles. The number of carbonyl (C=O) groups is 1. The Morgan fingerprint density at radius 1 is 1.12 bits per heavy atom. The largest absolute Gasteiger partial charge is 0.493 e. The quantitative estimate of drug-likeness (QED) is 0.780. The zero-order valence-corrected chi connectivity index (χ0v) is 15.5. The Labute approximate surface area is 153 Å². The van der Waals surface area contributed by atoms with Gasteiger partial charge >= 0.3 is 5.97 Å². The van der Waals surface area contributed by atoms with Gasteiger partial charge in [-0.1, -0.05) is 0 Å². The van der Waals surface area contributed by atoms with Crippen LogP contribution >= 0.6 is 24.8 Å². The lowest BCUT2D eigenvalue weighted by molar-refractivity contribution is -0.142. The average molecular weight is 377 g/mol. The zero-order chi connectivity index (χ0) is 16.1. The molecule has 2 N–H and O–H groups in total. The molecule has 8 heteroatoms. The molecule has 1 aromatic carbocycles. The summed E-state index contributed by atoms with van der Waals surface area (Å²) in [6.45, 7) is 2.42. The van der Waals surface area contributed by atoms with Crippen molar-refractivity contribution >= 4 is 41.6 Å². The van der Waals surface area contributed by atoms with Crippen LogP contribution < -0.4 is 15.2 Å². The molecule has 2 aromatic rings. The van der Waals surface area contributed by atoms with Gasteiger partial charge in [-0.15, -0.1) is 24.8 Å². The van der Waals surface area contributed by atoms with Crippen molar-refractivity contribution in [3.05, 3.63) is 29.6 Å². The number of ether oxygens (including phenoxy) is 3. The molecule has 1 heterocycles. The fourth-order valence-electron chi connectivity index (χ4n) is 2.35. The van der Waals surface area contributed by atoms with E-state index in [0.717, 1.165) is 22.0 Å². The first kappa shape index (κ1) is 22.2. The number of esters is 1. The monoisotopic (exact) mass is 376 g/mol. The van der Waals surface area contributed by atoms with Gasteiger partial charge in [0.25, 0.3) is 0 Å². The van der Waals surface area contributed by atoms with Gasteiger partial charge in [-0.3, -0.25) is 9.78 Å². The van der Waals surface area contributed by atoms with E-state index in [0.29, 0.717) is 24.7 Å². The number of methoxy groups -OCH3 is 2. The van der Waals surface area contributed by atoms with E-state index in [4.69, 9.17) is 19.9 Å². The van der Waals surface area contributed by atoms with Crippen LogP contribution in [0.15, 0.2) is 18.3 Å². The Balaban J connectivity index is 0.00000264. The second-order valence-electron chi connectivity index (χ2n) is 4.67. The van der Waals surface area contributed by atoms with E-state index >= 15 is 0 Å². The predicted molar refractivity (Wildman–Crippen MR) is 97.6 cm³/mol. The molecule has 0 radical (unpaired) electrons. The fraction of sp³-hybridized carbons (Fsp3) is 0.375. The summed E-state index contributed by atoms with van der Waals surface area (Å²) in [4.78, 5) is 16.1. The number of hydrogen-bond acceptors (Lipinski definition) is 6. The molecule has 0 atom stereocenters. The van der Waals surface area contributed by atoms with Gasteiger partial charge in [0.15, 0.2) is 11.5 Å². The summed E-state index contributed by atoms with van der Waals surface area (Å²) in [6, 6.07) is 3.67. The van der Waals surface area contributed by atoms with Gasteiger partial charge in [0.2, 0.25) is 0 Å². The number of rotatable bonds is 6. The van der Waals surface area contributed by atoms with E-state index in [-0.39, 0.29) is 37.2 Å². The molecule has 134 valence electrons. The van der Waals surface area contributed by atoms with Crippen molar-refractivity contribution < 1.29 is 19.0 Å². The minimum atomic E-state index is -0.291. The average Bonchev–Trinajstić information content (AvgIpc) is 2.54. The number of fused-ring (bicyclic) bond motifs is 1. The molecule has 0 aliphatic heterocycles. The number of aromatic nitrogens is 1. The Morgan fingerprint density at radius 2 is 1.71 bits per heavy atom. The molecule has 1 aromatic heterocycles. The van der Waals surface area contributed by atoms with Crippen LogP contribution in [-0.2, 0) is 22.5 Å². The summed E-state index contributed by atoms with van der Waals surface area (Å²) in [5.74, 6) is 0.898. The summed E-state index contributed by atoms with van der Waals surface area (Å²) >= 11 is 0. The molecule has 0 aliphatic rings. The summed E-state index contributed by atoms with van der Waals surface area (Å²) in [7, 11) is 3.14. The first-order chi connectivity index (χ1) is 10.6. The fourth-order valence-corrected chi connectivity index (χ4v) is 2.35. The van der Waals surface area contributed by atoms with Gasteiger partial charge in [-0.25, -0.2) is 0 Å². The third kappa shape index (κ3) is 4.63. The lowest BCUT2D eigenvalue weighted by atomic mass is 10.0.